The van der Waals surface area contributed by atoms with Crippen LogP contribution in [-0.2, 0) is 4.74 Å². The van der Waals surface area contributed by atoms with E-state index in [4.69, 9.17) is 4.74 Å². The molecule has 98 valence electrons. The zero-order valence-electron chi connectivity index (χ0n) is 9.37. The van der Waals surface area contributed by atoms with Gasteiger partial charge in [-0.15, -0.1) is 13.2 Å². The molecule has 0 N–H and O–H groups in total. The van der Waals surface area contributed by atoms with E-state index >= 15 is 0 Å². The Morgan fingerprint density at radius 1 is 1.17 bits per heavy atom. The standard InChI is InChI=1S/C12H11F3O3/c13-12(14,15)18-10-6-4-8(5-7-10)11(16)17-9-2-1-3-9/h4-7,9H,1-3H2. The Hall–Kier alpha value is -1.72. The first-order valence-corrected chi connectivity index (χ1v) is 5.51. The molecule has 1 aliphatic carbocycles. The summed E-state index contributed by atoms with van der Waals surface area (Å²) < 4.78 is 44.5. The summed E-state index contributed by atoms with van der Waals surface area (Å²) in [6.45, 7) is 0. The zero-order chi connectivity index (χ0) is 13.2. The van der Waals surface area contributed by atoms with Gasteiger partial charge < -0.3 is 9.47 Å². The monoisotopic (exact) mass is 260 g/mol. The molecule has 0 atom stereocenters. The highest BCUT2D eigenvalue weighted by atomic mass is 19.4. The fourth-order valence-corrected chi connectivity index (χ4v) is 1.50. The molecule has 0 saturated heterocycles. The lowest BCUT2D eigenvalue weighted by Crippen LogP contribution is -2.25. The summed E-state index contributed by atoms with van der Waals surface area (Å²) in [6, 6.07) is 4.68. The second-order valence-corrected chi connectivity index (χ2v) is 4.03. The van der Waals surface area contributed by atoms with Crippen molar-refractivity contribution >= 4 is 5.97 Å². The summed E-state index contributed by atoms with van der Waals surface area (Å²) >= 11 is 0. The van der Waals surface area contributed by atoms with Crippen LogP contribution in [-0.4, -0.2) is 18.4 Å². The predicted molar refractivity (Wildman–Crippen MR) is 56.2 cm³/mol. The molecular formula is C12H11F3O3. The fraction of sp³-hybridized carbons (Fsp3) is 0.417. The van der Waals surface area contributed by atoms with Gasteiger partial charge in [0.15, 0.2) is 0 Å². The van der Waals surface area contributed by atoms with Crippen LogP contribution in [0.3, 0.4) is 0 Å². The molecule has 2 rings (SSSR count). The number of esters is 1. The Morgan fingerprint density at radius 2 is 1.78 bits per heavy atom. The molecule has 0 unspecified atom stereocenters. The zero-order valence-corrected chi connectivity index (χ0v) is 9.37. The molecule has 3 nitrogen and oxygen atoms in total. The highest BCUT2D eigenvalue weighted by Gasteiger charge is 2.31. The van der Waals surface area contributed by atoms with E-state index < -0.39 is 12.3 Å². The average Bonchev–Trinajstić information content (AvgIpc) is 2.22. The summed E-state index contributed by atoms with van der Waals surface area (Å²) in [5.74, 6) is -0.874. The third kappa shape index (κ3) is 3.38. The Balaban J connectivity index is 1.96. The maximum Gasteiger partial charge on any atom is 0.573 e. The number of ether oxygens (including phenoxy) is 2. The smallest absolute Gasteiger partial charge is 0.459 e. The molecule has 0 amide bonds. The van der Waals surface area contributed by atoms with Gasteiger partial charge in [-0.1, -0.05) is 0 Å². The Morgan fingerprint density at radius 3 is 2.22 bits per heavy atom. The van der Waals surface area contributed by atoms with E-state index in [1.807, 2.05) is 0 Å². The van der Waals surface area contributed by atoms with E-state index in [1.54, 1.807) is 0 Å². The second-order valence-electron chi connectivity index (χ2n) is 4.03. The number of hydrogen-bond donors (Lipinski definition) is 0. The van der Waals surface area contributed by atoms with Crippen LogP contribution in [0.25, 0.3) is 0 Å². The lowest BCUT2D eigenvalue weighted by Gasteiger charge is -2.25. The molecule has 0 radical (unpaired) electrons. The minimum absolute atomic E-state index is 0.0522. The molecule has 0 heterocycles. The van der Waals surface area contributed by atoms with E-state index in [9.17, 15) is 18.0 Å². The largest absolute Gasteiger partial charge is 0.573 e. The Kier molecular flexibility index (Phi) is 3.45. The Labute approximate surface area is 102 Å². The maximum atomic E-state index is 11.9. The number of carbonyl (C=O) groups is 1. The second kappa shape index (κ2) is 4.88. The van der Waals surface area contributed by atoms with Crippen LogP contribution < -0.4 is 4.74 Å². The van der Waals surface area contributed by atoms with Gasteiger partial charge in [0.2, 0.25) is 0 Å². The summed E-state index contributed by atoms with van der Waals surface area (Å²) in [4.78, 5) is 11.6. The fourth-order valence-electron chi connectivity index (χ4n) is 1.50. The lowest BCUT2D eigenvalue weighted by molar-refractivity contribution is -0.274. The first kappa shape index (κ1) is 12.7. The number of benzene rings is 1. The van der Waals surface area contributed by atoms with Crippen molar-refractivity contribution in [1.29, 1.82) is 0 Å². The molecule has 0 spiro atoms. The van der Waals surface area contributed by atoms with Crippen LogP contribution >= 0.6 is 0 Å². The molecule has 6 heteroatoms. The highest BCUT2D eigenvalue weighted by molar-refractivity contribution is 5.89. The van der Waals surface area contributed by atoms with Gasteiger partial charge in [-0.05, 0) is 43.5 Å². The quantitative estimate of drug-likeness (QED) is 0.782. The number of carbonyl (C=O) groups excluding carboxylic acids is 1. The summed E-state index contributed by atoms with van der Waals surface area (Å²) in [6.07, 6.45) is -2.05. The van der Waals surface area contributed by atoms with Gasteiger partial charge in [0.05, 0.1) is 5.56 Å². The molecule has 1 aromatic carbocycles. The molecule has 1 fully saturated rings. The van der Waals surface area contributed by atoms with Crippen molar-refractivity contribution in [2.75, 3.05) is 0 Å². The molecule has 1 aliphatic rings. The summed E-state index contributed by atoms with van der Waals surface area (Å²) in [7, 11) is 0. The van der Waals surface area contributed by atoms with Crippen LogP contribution in [0.15, 0.2) is 24.3 Å². The van der Waals surface area contributed by atoms with Gasteiger partial charge in [0.25, 0.3) is 0 Å². The Bertz CT molecular complexity index is 421. The molecule has 0 bridgehead atoms. The highest BCUT2D eigenvalue weighted by Crippen LogP contribution is 2.25. The average molecular weight is 260 g/mol. The number of alkyl halides is 3. The third-order valence-electron chi connectivity index (χ3n) is 2.65. The topological polar surface area (TPSA) is 35.5 Å². The normalized spacial score (nSPS) is 15.9. The van der Waals surface area contributed by atoms with Gasteiger partial charge in [-0.3, -0.25) is 0 Å². The minimum atomic E-state index is -4.73. The van der Waals surface area contributed by atoms with Crippen LogP contribution in [0.5, 0.6) is 5.75 Å². The van der Waals surface area contributed by atoms with Gasteiger partial charge in [0.1, 0.15) is 11.9 Å². The molecule has 18 heavy (non-hydrogen) atoms. The van der Waals surface area contributed by atoms with E-state index in [-0.39, 0.29) is 17.4 Å². The van der Waals surface area contributed by atoms with Crippen molar-refractivity contribution in [3.63, 3.8) is 0 Å². The van der Waals surface area contributed by atoms with Crippen molar-refractivity contribution in [2.45, 2.75) is 31.7 Å². The molecule has 0 aliphatic heterocycles. The van der Waals surface area contributed by atoms with Crippen molar-refractivity contribution in [2.24, 2.45) is 0 Å². The number of halogens is 3. The molecule has 1 aromatic rings. The number of rotatable bonds is 3. The van der Waals surface area contributed by atoms with E-state index in [2.05, 4.69) is 4.74 Å². The van der Waals surface area contributed by atoms with Gasteiger partial charge >= 0.3 is 12.3 Å². The third-order valence-corrected chi connectivity index (χ3v) is 2.65. The first-order valence-electron chi connectivity index (χ1n) is 5.51. The first-order chi connectivity index (χ1) is 8.44. The van der Waals surface area contributed by atoms with Crippen LogP contribution in [0.2, 0.25) is 0 Å². The predicted octanol–water partition coefficient (Wildman–Crippen LogP) is 3.29. The van der Waals surface area contributed by atoms with Gasteiger partial charge in [-0.25, -0.2) is 4.79 Å². The van der Waals surface area contributed by atoms with E-state index in [0.29, 0.717) is 0 Å². The van der Waals surface area contributed by atoms with Crippen LogP contribution in [0.1, 0.15) is 29.6 Å². The minimum Gasteiger partial charge on any atom is -0.459 e. The summed E-state index contributed by atoms with van der Waals surface area (Å²) in [5.41, 5.74) is 0.219. The van der Waals surface area contributed by atoms with E-state index in [0.717, 1.165) is 31.4 Å². The van der Waals surface area contributed by atoms with E-state index in [1.165, 1.54) is 12.1 Å². The van der Waals surface area contributed by atoms with Crippen molar-refractivity contribution in [3.8, 4) is 5.75 Å². The van der Waals surface area contributed by atoms with Crippen molar-refractivity contribution < 1.29 is 27.4 Å². The molecular weight excluding hydrogens is 249 g/mol. The molecule has 0 aromatic heterocycles. The van der Waals surface area contributed by atoms with Crippen LogP contribution in [0, 0.1) is 0 Å². The van der Waals surface area contributed by atoms with Gasteiger partial charge in [0, 0.05) is 0 Å². The van der Waals surface area contributed by atoms with Crippen molar-refractivity contribution in [1.82, 2.24) is 0 Å². The maximum absolute atomic E-state index is 11.9. The lowest BCUT2D eigenvalue weighted by atomic mass is 9.96. The van der Waals surface area contributed by atoms with Crippen LogP contribution in [0.4, 0.5) is 13.2 Å². The molecule has 1 saturated carbocycles. The summed E-state index contributed by atoms with van der Waals surface area (Å²) in [5, 5.41) is 0. The number of hydrogen-bond acceptors (Lipinski definition) is 3. The van der Waals surface area contributed by atoms with Crippen molar-refractivity contribution in [3.05, 3.63) is 29.8 Å². The SMILES string of the molecule is O=C(OC1CCC1)c1ccc(OC(F)(F)F)cc1. The van der Waals surface area contributed by atoms with Gasteiger partial charge in [-0.2, -0.15) is 0 Å².